The van der Waals surface area contributed by atoms with E-state index in [9.17, 15) is 9.59 Å². The largest absolute Gasteiger partial charge is 0.497 e. The molecule has 150 valence electrons. The third-order valence-corrected chi connectivity index (χ3v) is 5.72. The van der Waals surface area contributed by atoms with Crippen LogP contribution < -0.4 is 10.1 Å². The van der Waals surface area contributed by atoms with E-state index in [1.54, 1.807) is 19.2 Å². The summed E-state index contributed by atoms with van der Waals surface area (Å²) < 4.78 is 5.19. The SMILES string of the molecule is COc1ccc(NC2=C(Sc3ccccc3)C(=O)N(Cc3ccccc3)C2=O)cc1. The van der Waals surface area contributed by atoms with Crippen LogP contribution in [0.5, 0.6) is 5.75 Å². The van der Waals surface area contributed by atoms with E-state index in [4.69, 9.17) is 4.74 Å². The summed E-state index contributed by atoms with van der Waals surface area (Å²) in [5.74, 6) is 0.0831. The number of amides is 2. The molecular weight excluding hydrogens is 396 g/mol. The van der Waals surface area contributed by atoms with Crippen molar-refractivity contribution in [2.75, 3.05) is 12.4 Å². The number of rotatable bonds is 7. The van der Waals surface area contributed by atoms with Crippen LogP contribution in [0.2, 0.25) is 0 Å². The van der Waals surface area contributed by atoms with Gasteiger partial charge >= 0.3 is 0 Å². The average molecular weight is 417 g/mol. The molecule has 1 aliphatic heterocycles. The predicted octanol–water partition coefficient (Wildman–Crippen LogP) is 4.68. The van der Waals surface area contributed by atoms with Crippen LogP contribution in [-0.4, -0.2) is 23.8 Å². The number of nitrogens with zero attached hydrogens (tertiary/aromatic N) is 1. The van der Waals surface area contributed by atoms with E-state index in [0.29, 0.717) is 16.3 Å². The molecule has 0 saturated heterocycles. The molecule has 0 saturated carbocycles. The fourth-order valence-corrected chi connectivity index (χ4v) is 4.06. The lowest BCUT2D eigenvalue weighted by Crippen LogP contribution is -2.31. The third kappa shape index (κ3) is 4.23. The van der Waals surface area contributed by atoms with Gasteiger partial charge in [0.05, 0.1) is 13.7 Å². The second kappa shape index (κ2) is 8.88. The Morgan fingerprint density at radius 3 is 2.10 bits per heavy atom. The van der Waals surface area contributed by atoms with Gasteiger partial charge in [-0.1, -0.05) is 60.3 Å². The maximum absolute atomic E-state index is 13.2. The molecule has 0 fully saturated rings. The minimum atomic E-state index is -0.335. The van der Waals surface area contributed by atoms with Crippen molar-refractivity contribution in [2.24, 2.45) is 0 Å². The minimum Gasteiger partial charge on any atom is -0.497 e. The summed E-state index contributed by atoms with van der Waals surface area (Å²) in [5.41, 5.74) is 1.89. The van der Waals surface area contributed by atoms with Crippen LogP contribution >= 0.6 is 11.8 Å². The van der Waals surface area contributed by atoms with Gasteiger partial charge in [0.2, 0.25) is 0 Å². The van der Waals surface area contributed by atoms with Crippen molar-refractivity contribution < 1.29 is 14.3 Å². The molecule has 6 heteroatoms. The normalized spacial score (nSPS) is 13.7. The van der Waals surface area contributed by atoms with Crippen LogP contribution in [-0.2, 0) is 16.1 Å². The second-order valence-corrected chi connectivity index (χ2v) is 7.74. The number of anilines is 1. The van der Waals surface area contributed by atoms with E-state index in [1.807, 2.05) is 72.8 Å². The summed E-state index contributed by atoms with van der Waals surface area (Å²) in [5, 5.41) is 3.15. The first-order chi connectivity index (χ1) is 14.7. The number of hydrogen-bond acceptors (Lipinski definition) is 5. The van der Waals surface area contributed by atoms with E-state index >= 15 is 0 Å². The van der Waals surface area contributed by atoms with Gasteiger partial charge in [0.1, 0.15) is 16.4 Å². The molecule has 3 aromatic rings. The van der Waals surface area contributed by atoms with E-state index < -0.39 is 0 Å². The van der Waals surface area contributed by atoms with Crippen molar-refractivity contribution in [1.29, 1.82) is 0 Å². The number of carbonyl (C=O) groups excluding carboxylic acids is 2. The lowest BCUT2D eigenvalue weighted by molar-refractivity contribution is -0.137. The summed E-state index contributed by atoms with van der Waals surface area (Å²) in [7, 11) is 1.60. The Bertz CT molecular complexity index is 1080. The lowest BCUT2D eigenvalue weighted by Gasteiger charge is -2.15. The van der Waals surface area contributed by atoms with Gasteiger partial charge in [0.15, 0.2) is 0 Å². The van der Waals surface area contributed by atoms with Crippen molar-refractivity contribution in [3.05, 3.63) is 101 Å². The number of nitrogens with one attached hydrogen (secondary N) is 1. The first kappa shape index (κ1) is 19.8. The summed E-state index contributed by atoms with van der Waals surface area (Å²) >= 11 is 1.29. The van der Waals surface area contributed by atoms with Crippen LogP contribution in [0.15, 0.2) is 100 Å². The molecule has 0 atom stereocenters. The van der Waals surface area contributed by atoms with Crippen LogP contribution in [0, 0.1) is 0 Å². The van der Waals surface area contributed by atoms with E-state index in [-0.39, 0.29) is 24.1 Å². The van der Waals surface area contributed by atoms with Crippen molar-refractivity contribution in [2.45, 2.75) is 11.4 Å². The first-order valence-corrected chi connectivity index (χ1v) is 10.3. The van der Waals surface area contributed by atoms with Crippen LogP contribution in [0.3, 0.4) is 0 Å². The van der Waals surface area contributed by atoms with E-state index in [2.05, 4.69) is 5.32 Å². The highest BCUT2D eigenvalue weighted by Gasteiger charge is 2.39. The molecule has 1 aliphatic rings. The smallest absolute Gasteiger partial charge is 0.278 e. The second-order valence-electron chi connectivity index (χ2n) is 6.65. The standard InChI is InChI=1S/C24H20N2O3S/c1-29-19-14-12-18(13-15-19)25-21-22(30-20-10-6-3-7-11-20)24(28)26(23(21)27)16-17-8-4-2-5-9-17/h2-15,25H,16H2,1H3. The highest BCUT2D eigenvalue weighted by Crippen LogP contribution is 2.36. The molecule has 30 heavy (non-hydrogen) atoms. The fraction of sp³-hybridized carbons (Fsp3) is 0.0833. The van der Waals surface area contributed by atoms with Gasteiger partial charge in [-0.05, 0) is 42.0 Å². The topological polar surface area (TPSA) is 58.6 Å². The molecule has 0 aromatic heterocycles. The molecule has 2 amide bonds. The predicted molar refractivity (Wildman–Crippen MR) is 118 cm³/mol. The Balaban J connectivity index is 1.65. The van der Waals surface area contributed by atoms with Crippen molar-refractivity contribution in [3.8, 4) is 5.75 Å². The lowest BCUT2D eigenvalue weighted by atomic mass is 10.2. The Kier molecular flexibility index (Phi) is 5.86. The summed E-state index contributed by atoms with van der Waals surface area (Å²) in [4.78, 5) is 29.0. The zero-order valence-electron chi connectivity index (χ0n) is 16.4. The van der Waals surface area contributed by atoms with Crippen LogP contribution in [0.25, 0.3) is 0 Å². The number of ether oxygens (including phenoxy) is 1. The van der Waals surface area contributed by atoms with Gasteiger partial charge in [-0.15, -0.1) is 0 Å². The number of carbonyl (C=O) groups is 2. The quantitative estimate of drug-likeness (QED) is 0.567. The van der Waals surface area contributed by atoms with Gasteiger partial charge in [-0.2, -0.15) is 0 Å². The average Bonchev–Trinajstić information content (AvgIpc) is 3.00. The van der Waals surface area contributed by atoms with Gasteiger partial charge in [0.25, 0.3) is 11.8 Å². The molecule has 4 rings (SSSR count). The number of thioether (sulfide) groups is 1. The first-order valence-electron chi connectivity index (χ1n) is 9.44. The molecule has 0 bridgehead atoms. The van der Waals surface area contributed by atoms with E-state index in [0.717, 1.165) is 10.5 Å². The van der Waals surface area contributed by atoms with Crippen molar-refractivity contribution in [1.82, 2.24) is 4.90 Å². The molecule has 1 N–H and O–H groups in total. The number of methoxy groups -OCH3 is 1. The Hall–Kier alpha value is -3.51. The number of benzene rings is 3. The molecule has 3 aromatic carbocycles. The maximum Gasteiger partial charge on any atom is 0.278 e. The number of hydrogen-bond donors (Lipinski definition) is 1. The van der Waals surface area contributed by atoms with Crippen molar-refractivity contribution in [3.63, 3.8) is 0 Å². The Morgan fingerprint density at radius 2 is 1.47 bits per heavy atom. The highest BCUT2D eigenvalue weighted by atomic mass is 32.2. The van der Waals surface area contributed by atoms with Crippen molar-refractivity contribution >= 4 is 29.3 Å². The molecule has 0 spiro atoms. The zero-order chi connectivity index (χ0) is 20.9. The molecule has 0 aliphatic carbocycles. The molecule has 0 unspecified atom stereocenters. The Morgan fingerprint density at radius 1 is 0.833 bits per heavy atom. The zero-order valence-corrected chi connectivity index (χ0v) is 17.2. The van der Waals surface area contributed by atoms with Gasteiger partial charge in [-0.3, -0.25) is 14.5 Å². The fourth-order valence-electron chi connectivity index (χ4n) is 3.09. The van der Waals surface area contributed by atoms with E-state index in [1.165, 1.54) is 16.7 Å². The highest BCUT2D eigenvalue weighted by molar-refractivity contribution is 8.04. The molecule has 1 heterocycles. The van der Waals surface area contributed by atoms with Gasteiger partial charge in [0, 0.05) is 10.6 Å². The molecular formula is C24H20N2O3S. The minimum absolute atomic E-state index is 0.227. The van der Waals surface area contributed by atoms with Gasteiger partial charge in [-0.25, -0.2) is 0 Å². The maximum atomic E-state index is 13.2. The van der Waals surface area contributed by atoms with Crippen LogP contribution in [0.1, 0.15) is 5.56 Å². The summed E-state index contributed by atoms with van der Waals surface area (Å²) in [6, 6.07) is 26.3. The monoisotopic (exact) mass is 416 g/mol. The molecule has 0 radical (unpaired) electrons. The summed E-state index contributed by atoms with van der Waals surface area (Å²) in [6.07, 6.45) is 0. The summed E-state index contributed by atoms with van der Waals surface area (Å²) in [6.45, 7) is 0.227. The molecule has 5 nitrogen and oxygen atoms in total. The Labute approximate surface area is 179 Å². The van der Waals surface area contributed by atoms with Gasteiger partial charge < -0.3 is 10.1 Å². The number of imide groups is 1. The van der Waals surface area contributed by atoms with Crippen LogP contribution in [0.4, 0.5) is 5.69 Å². The third-order valence-electron chi connectivity index (χ3n) is 4.63.